The maximum absolute atomic E-state index is 4.91. The Balaban J connectivity index is 1.31. The molecule has 0 spiro atoms. The summed E-state index contributed by atoms with van der Waals surface area (Å²) in [5.74, 6) is 1.30. The lowest BCUT2D eigenvalue weighted by atomic mass is 10.2. The summed E-state index contributed by atoms with van der Waals surface area (Å²) in [6.07, 6.45) is 13.6. The molecule has 1 saturated carbocycles. The number of aromatic nitrogens is 5. The number of hydrogen-bond acceptors (Lipinski definition) is 7. The fraction of sp³-hybridized carbons (Fsp3) is 0.391. The third-order valence-corrected chi connectivity index (χ3v) is 6.47. The Morgan fingerprint density at radius 2 is 1.90 bits per heavy atom. The lowest BCUT2D eigenvalue weighted by Crippen LogP contribution is -2.22. The molecule has 0 radical (unpaired) electrons. The van der Waals surface area contributed by atoms with E-state index in [-0.39, 0.29) is 0 Å². The van der Waals surface area contributed by atoms with Crippen LogP contribution in [-0.2, 0) is 0 Å². The van der Waals surface area contributed by atoms with E-state index in [4.69, 9.17) is 4.98 Å². The second-order valence-electron chi connectivity index (χ2n) is 8.52. The molecule has 1 aliphatic heterocycles. The molecule has 5 heterocycles. The van der Waals surface area contributed by atoms with Crippen LogP contribution in [0.25, 0.3) is 21.9 Å². The summed E-state index contributed by atoms with van der Waals surface area (Å²) in [6.45, 7) is 2.07. The molecule has 0 aromatic carbocycles. The minimum Gasteiger partial charge on any atom is -0.380 e. The van der Waals surface area contributed by atoms with Gasteiger partial charge in [0.1, 0.15) is 11.5 Å². The van der Waals surface area contributed by atoms with Gasteiger partial charge in [0.2, 0.25) is 5.95 Å². The summed E-state index contributed by atoms with van der Waals surface area (Å²) in [6, 6.07) is 7.02. The highest BCUT2D eigenvalue weighted by Gasteiger charge is 2.23. The van der Waals surface area contributed by atoms with Crippen molar-refractivity contribution in [3.05, 3.63) is 43.0 Å². The average molecular weight is 415 g/mol. The first-order chi connectivity index (χ1) is 15.3. The summed E-state index contributed by atoms with van der Waals surface area (Å²) >= 11 is 0. The first kappa shape index (κ1) is 18.5. The average Bonchev–Trinajstić information content (AvgIpc) is 3.55. The van der Waals surface area contributed by atoms with E-state index >= 15 is 0 Å². The molecule has 31 heavy (non-hydrogen) atoms. The largest absolute Gasteiger partial charge is 0.380 e. The van der Waals surface area contributed by atoms with Gasteiger partial charge in [-0.25, -0.2) is 9.97 Å². The normalized spacial score (nSPS) is 19.4. The van der Waals surface area contributed by atoms with E-state index in [1.807, 2.05) is 36.9 Å². The van der Waals surface area contributed by atoms with Crippen molar-refractivity contribution in [2.24, 2.45) is 0 Å². The van der Waals surface area contributed by atoms with Crippen molar-refractivity contribution in [3.63, 3.8) is 0 Å². The Kier molecular flexibility index (Phi) is 4.64. The molecule has 3 N–H and O–H groups in total. The van der Waals surface area contributed by atoms with Crippen LogP contribution in [0.3, 0.4) is 0 Å². The van der Waals surface area contributed by atoms with Crippen molar-refractivity contribution >= 4 is 39.4 Å². The van der Waals surface area contributed by atoms with Crippen LogP contribution >= 0.6 is 0 Å². The summed E-state index contributed by atoms with van der Waals surface area (Å²) in [4.78, 5) is 18.4. The van der Waals surface area contributed by atoms with Crippen LogP contribution < -0.4 is 16.0 Å². The molecule has 1 saturated heterocycles. The van der Waals surface area contributed by atoms with E-state index in [2.05, 4.69) is 41.5 Å². The summed E-state index contributed by atoms with van der Waals surface area (Å²) in [7, 11) is 0. The molecule has 2 aliphatic rings. The van der Waals surface area contributed by atoms with Crippen molar-refractivity contribution in [1.82, 2.24) is 29.8 Å². The highest BCUT2D eigenvalue weighted by Crippen LogP contribution is 2.37. The molecule has 8 heteroatoms. The number of nitrogens with one attached hydrogen (secondary N) is 3. The van der Waals surface area contributed by atoms with E-state index in [1.54, 1.807) is 0 Å². The van der Waals surface area contributed by atoms with E-state index in [9.17, 15) is 0 Å². The molecule has 0 unspecified atom stereocenters. The summed E-state index contributed by atoms with van der Waals surface area (Å²) in [5, 5.41) is 12.4. The van der Waals surface area contributed by atoms with Crippen LogP contribution in [0.5, 0.6) is 0 Å². The minimum atomic E-state index is 0.471. The van der Waals surface area contributed by atoms with Gasteiger partial charge in [0.15, 0.2) is 0 Å². The molecule has 2 fully saturated rings. The second-order valence-corrected chi connectivity index (χ2v) is 8.52. The zero-order valence-electron chi connectivity index (χ0n) is 17.4. The summed E-state index contributed by atoms with van der Waals surface area (Å²) < 4.78 is 2.37. The van der Waals surface area contributed by atoms with Crippen LogP contribution in [0.4, 0.5) is 17.5 Å². The van der Waals surface area contributed by atoms with Crippen molar-refractivity contribution in [2.75, 3.05) is 23.7 Å². The topological polar surface area (TPSA) is 92.6 Å². The van der Waals surface area contributed by atoms with Gasteiger partial charge >= 0.3 is 0 Å². The number of fused-ring (bicyclic) bond motifs is 3. The van der Waals surface area contributed by atoms with Gasteiger partial charge in [-0.1, -0.05) is 12.8 Å². The molecule has 1 atom stereocenters. The fourth-order valence-corrected chi connectivity index (χ4v) is 4.94. The Labute approximate surface area is 180 Å². The van der Waals surface area contributed by atoms with Crippen LogP contribution in [0.15, 0.2) is 43.0 Å². The zero-order chi connectivity index (χ0) is 20.6. The quantitative estimate of drug-likeness (QED) is 0.454. The predicted octanol–water partition coefficient (Wildman–Crippen LogP) is 4.01. The Morgan fingerprint density at radius 3 is 2.71 bits per heavy atom. The molecule has 1 aliphatic carbocycles. The zero-order valence-corrected chi connectivity index (χ0v) is 17.4. The van der Waals surface area contributed by atoms with Gasteiger partial charge in [0, 0.05) is 41.8 Å². The van der Waals surface area contributed by atoms with E-state index in [0.29, 0.717) is 18.0 Å². The number of nitrogens with zero attached hydrogens (tertiary/aromatic N) is 5. The maximum Gasteiger partial charge on any atom is 0.230 e. The molecule has 0 amide bonds. The molecule has 158 valence electrons. The van der Waals surface area contributed by atoms with Gasteiger partial charge in [-0.2, -0.15) is 4.98 Å². The Morgan fingerprint density at radius 1 is 0.968 bits per heavy atom. The lowest BCUT2D eigenvalue weighted by molar-refractivity contribution is 0.546. The van der Waals surface area contributed by atoms with E-state index in [0.717, 1.165) is 47.6 Å². The SMILES string of the molecule is c1cc2c3cnc(Nc4ccc(N[C@@H]5CCNC5)cn4)nc3n(C3CCCC3)c2cn1. The minimum absolute atomic E-state index is 0.471. The lowest BCUT2D eigenvalue weighted by Gasteiger charge is -2.15. The summed E-state index contributed by atoms with van der Waals surface area (Å²) in [5.41, 5.74) is 3.15. The highest BCUT2D eigenvalue weighted by molar-refractivity contribution is 6.06. The van der Waals surface area contributed by atoms with Crippen molar-refractivity contribution in [3.8, 4) is 0 Å². The Bertz CT molecular complexity index is 1200. The van der Waals surface area contributed by atoms with Crippen molar-refractivity contribution in [1.29, 1.82) is 0 Å². The first-order valence-corrected chi connectivity index (χ1v) is 11.2. The van der Waals surface area contributed by atoms with Gasteiger partial charge in [-0.05, 0) is 44.0 Å². The van der Waals surface area contributed by atoms with Crippen LogP contribution in [-0.4, -0.2) is 43.6 Å². The van der Waals surface area contributed by atoms with Gasteiger partial charge in [-0.3, -0.25) is 4.98 Å². The van der Waals surface area contributed by atoms with Crippen LogP contribution in [0.1, 0.15) is 38.1 Å². The maximum atomic E-state index is 4.91. The van der Waals surface area contributed by atoms with Crippen LogP contribution in [0, 0.1) is 0 Å². The molecule has 4 aromatic rings. The van der Waals surface area contributed by atoms with Crippen molar-refractivity contribution < 1.29 is 0 Å². The highest BCUT2D eigenvalue weighted by atomic mass is 15.2. The number of rotatable bonds is 5. The van der Waals surface area contributed by atoms with Crippen LogP contribution in [0.2, 0.25) is 0 Å². The second kappa shape index (κ2) is 7.77. The van der Waals surface area contributed by atoms with Gasteiger partial charge in [-0.15, -0.1) is 0 Å². The third kappa shape index (κ3) is 3.46. The van der Waals surface area contributed by atoms with Gasteiger partial charge in [0.05, 0.1) is 23.6 Å². The smallest absolute Gasteiger partial charge is 0.230 e. The monoisotopic (exact) mass is 414 g/mol. The van der Waals surface area contributed by atoms with E-state index < -0.39 is 0 Å². The molecule has 6 rings (SSSR count). The van der Waals surface area contributed by atoms with Gasteiger partial charge in [0.25, 0.3) is 0 Å². The molecule has 0 bridgehead atoms. The molecule has 8 nitrogen and oxygen atoms in total. The first-order valence-electron chi connectivity index (χ1n) is 11.2. The number of anilines is 3. The van der Waals surface area contributed by atoms with E-state index in [1.165, 1.54) is 31.1 Å². The predicted molar refractivity (Wildman–Crippen MR) is 123 cm³/mol. The number of pyridine rings is 2. The number of hydrogen-bond donors (Lipinski definition) is 3. The van der Waals surface area contributed by atoms with Crippen molar-refractivity contribution in [2.45, 2.75) is 44.2 Å². The third-order valence-electron chi connectivity index (χ3n) is 6.47. The molecule has 4 aromatic heterocycles. The standard InChI is InChI=1S/C23H26N8/c1-2-4-17(3-1)31-20-14-25-10-8-18(20)19-13-27-23(30-22(19)31)29-21-6-5-15(12-26-21)28-16-7-9-24-11-16/h5-6,8,10,12-14,16-17,24,28H,1-4,7,9,11H2,(H,26,27,29,30)/t16-/m1/s1. The Hall–Kier alpha value is -3.26. The van der Waals surface area contributed by atoms with Gasteiger partial charge < -0.3 is 20.5 Å². The molecular formula is C23H26N8. The fourth-order valence-electron chi connectivity index (χ4n) is 4.94. The molecular weight excluding hydrogens is 388 g/mol.